The van der Waals surface area contributed by atoms with Crippen molar-refractivity contribution in [3.63, 3.8) is 0 Å². The van der Waals surface area contributed by atoms with Gasteiger partial charge in [-0.25, -0.2) is 4.79 Å². The van der Waals surface area contributed by atoms with Crippen LogP contribution in [0.3, 0.4) is 0 Å². The van der Waals surface area contributed by atoms with E-state index in [1.54, 1.807) is 26.4 Å². The highest BCUT2D eigenvalue weighted by atomic mass is 79.9. The molecule has 0 saturated carbocycles. The third-order valence-electron chi connectivity index (χ3n) is 2.63. The van der Waals surface area contributed by atoms with Crippen LogP contribution in [0.4, 0.5) is 0 Å². The van der Waals surface area contributed by atoms with Crippen molar-refractivity contribution in [1.82, 2.24) is 4.90 Å². The maximum absolute atomic E-state index is 11.7. The van der Waals surface area contributed by atoms with Gasteiger partial charge < -0.3 is 14.2 Å². The summed E-state index contributed by atoms with van der Waals surface area (Å²) < 4.78 is 15.9. The molecule has 1 aromatic carbocycles. The molecule has 1 aromatic rings. The van der Waals surface area contributed by atoms with Crippen molar-refractivity contribution >= 4 is 21.9 Å². The van der Waals surface area contributed by atoms with Gasteiger partial charge in [0.15, 0.2) is 0 Å². The number of hydrogen-bond acceptors (Lipinski definition) is 5. The predicted molar refractivity (Wildman–Crippen MR) is 95.5 cm³/mol. The van der Waals surface area contributed by atoms with Gasteiger partial charge in [0, 0.05) is 18.7 Å². The number of methoxy groups -OCH3 is 2. The predicted octanol–water partition coefficient (Wildman–Crippen LogP) is 3.84. The van der Waals surface area contributed by atoms with Gasteiger partial charge >= 0.3 is 5.97 Å². The highest BCUT2D eigenvalue weighted by Crippen LogP contribution is 2.19. The molecule has 0 unspecified atom stereocenters. The van der Waals surface area contributed by atoms with Crippen molar-refractivity contribution in [2.45, 2.75) is 39.7 Å². The van der Waals surface area contributed by atoms with Crippen molar-refractivity contribution in [2.24, 2.45) is 0 Å². The fourth-order valence-corrected chi connectivity index (χ4v) is 1.95. The summed E-state index contributed by atoms with van der Waals surface area (Å²) in [5, 5.41) is 0. The topological polar surface area (TPSA) is 48.0 Å². The summed E-state index contributed by atoms with van der Waals surface area (Å²) in [5.74, 6) is -0.289. The van der Waals surface area contributed by atoms with Crippen LogP contribution in [0.25, 0.3) is 0 Å². The third-order valence-corrected chi connectivity index (χ3v) is 3.49. The second kappa shape index (κ2) is 10.0. The van der Waals surface area contributed by atoms with Crippen LogP contribution in [0.5, 0.6) is 0 Å². The quantitative estimate of drug-likeness (QED) is 0.578. The number of benzene rings is 1. The Morgan fingerprint density at radius 1 is 1.17 bits per heavy atom. The normalized spacial score (nSPS) is 11.3. The van der Waals surface area contributed by atoms with Crippen molar-refractivity contribution < 1.29 is 19.0 Å². The molecule has 0 radical (unpaired) electrons. The van der Waals surface area contributed by atoms with Crippen molar-refractivity contribution in [3.8, 4) is 0 Å². The summed E-state index contributed by atoms with van der Waals surface area (Å²) in [4.78, 5) is 13.5. The fourth-order valence-electron chi connectivity index (χ4n) is 1.57. The summed E-state index contributed by atoms with van der Waals surface area (Å²) in [6.45, 7) is 7.54. The molecule has 0 bridgehead atoms. The van der Waals surface area contributed by atoms with Gasteiger partial charge in [-0.2, -0.15) is 0 Å². The number of nitrogens with zero attached hydrogens (tertiary/aromatic N) is 1. The third kappa shape index (κ3) is 9.05. The summed E-state index contributed by atoms with van der Waals surface area (Å²) in [6, 6.07) is 5.45. The molecule has 132 valence electrons. The van der Waals surface area contributed by atoms with E-state index in [9.17, 15) is 4.79 Å². The van der Waals surface area contributed by atoms with Gasteiger partial charge in [0.2, 0.25) is 6.41 Å². The lowest BCUT2D eigenvalue weighted by Crippen LogP contribution is -2.30. The number of carbonyl (C=O) groups is 1. The molecule has 0 atom stereocenters. The zero-order chi connectivity index (χ0) is 18.2. The molecule has 0 saturated heterocycles. The zero-order valence-corrected chi connectivity index (χ0v) is 16.9. The van der Waals surface area contributed by atoms with Gasteiger partial charge in [-0.15, -0.1) is 0 Å². The lowest BCUT2D eigenvalue weighted by atomic mass is 10.1. The number of halogens is 1. The molecule has 5 nitrogen and oxygen atoms in total. The van der Waals surface area contributed by atoms with Gasteiger partial charge in [-0.05, 0) is 59.5 Å². The first-order valence-corrected chi connectivity index (χ1v) is 8.02. The van der Waals surface area contributed by atoms with Crippen LogP contribution >= 0.6 is 15.9 Å². The van der Waals surface area contributed by atoms with Crippen LogP contribution in [-0.4, -0.2) is 51.2 Å². The van der Waals surface area contributed by atoms with Gasteiger partial charge in [0.25, 0.3) is 0 Å². The minimum atomic E-state index is -0.450. The lowest BCUT2D eigenvalue weighted by molar-refractivity contribution is -0.179. The van der Waals surface area contributed by atoms with Crippen molar-refractivity contribution in [3.05, 3.63) is 33.8 Å². The van der Waals surface area contributed by atoms with E-state index in [1.165, 1.54) is 0 Å². The highest BCUT2D eigenvalue weighted by Gasteiger charge is 2.18. The highest BCUT2D eigenvalue weighted by molar-refractivity contribution is 9.10. The molecule has 0 aliphatic rings. The molecule has 0 amide bonds. The Hall–Kier alpha value is -0.950. The smallest absolute Gasteiger partial charge is 0.338 e. The van der Waals surface area contributed by atoms with Gasteiger partial charge in [0.1, 0.15) is 5.60 Å². The Labute approximate surface area is 148 Å². The Kier molecular flexibility index (Phi) is 9.61. The Bertz CT molecular complexity index is 494. The zero-order valence-electron chi connectivity index (χ0n) is 15.3. The molecular formula is C17H28BrNO4. The van der Waals surface area contributed by atoms with E-state index in [-0.39, 0.29) is 12.4 Å². The van der Waals surface area contributed by atoms with Crippen LogP contribution in [0.2, 0.25) is 0 Å². The molecule has 0 N–H and O–H groups in total. The van der Waals surface area contributed by atoms with E-state index in [0.29, 0.717) is 5.56 Å². The van der Waals surface area contributed by atoms with Gasteiger partial charge in [-0.3, -0.25) is 4.90 Å². The number of esters is 1. The van der Waals surface area contributed by atoms with E-state index < -0.39 is 5.60 Å². The van der Waals surface area contributed by atoms with Crippen molar-refractivity contribution in [2.75, 3.05) is 28.3 Å². The molecule has 0 aliphatic carbocycles. The van der Waals surface area contributed by atoms with E-state index in [4.69, 9.17) is 14.2 Å². The Morgan fingerprint density at radius 3 is 2.00 bits per heavy atom. The van der Waals surface area contributed by atoms with E-state index >= 15 is 0 Å². The van der Waals surface area contributed by atoms with Gasteiger partial charge in [0.05, 0.1) is 5.56 Å². The van der Waals surface area contributed by atoms with E-state index in [2.05, 4.69) is 15.9 Å². The van der Waals surface area contributed by atoms with Gasteiger partial charge in [-0.1, -0.05) is 22.0 Å². The number of carbonyl (C=O) groups excluding carboxylic acids is 1. The second-order valence-electron chi connectivity index (χ2n) is 6.21. The molecule has 1 rings (SSSR count). The number of ether oxygens (including phenoxy) is 3. The minimum absolute atomic E-state index is 0.213. The molecule has 0 fully saturated rings. The number of aryl methyl sites for hydroxylation is 1. The van der Waals surface area contributed by atoms with E-state index in [1.807, 2.05) is 52.8 Å². The average molecular weight is 390 g/mol. The second-order valence-corrected chi connectivity index (χ2v) is 7.06. The molecule has 0 heterocycles. The largest absolute Gasteiger partial charge is 0.456 e. The monoisotopic (exact) mass is 389 g/mol. The summed E-state index contributed by atoms with van der Waals surface area (Å²) in [7, 11) is 6.98. The fraction of sp³-hybridized carbons (Fsp3) is 0.588. The first kappa shape index (κ1) is 22.1. The average Bonchev–Trinajstić information content (AvgIpc) is 2.41. The lowest BCUT2D eigenvalue weighted by Gasteiger charge is -2.19. The van der Waals surface area contributed by atoms with Crippen LogP contribution in [-0.2, 0) is 14.2 Å². The minimum Gasteiger partial charge on any atom is -0.456 e. The van der Waals surface area contributed by atoms with Crippen LogP contribution in [0.15, 0.2) is 22.7 Å². The van der Waals surface area contributed by atoms with Crippen LogP contribution < -0.4 is 0 Å². The number of hydrogen-bond donors (Lipinski definition) is 0. The van der Waals surface area contributed by atoms with Crippen LogP contribution in [0.1, 0.15) is 36.7 Å². The van der Waals surface area contributed by atoms with Crippen molar-refractivity contribution in [1.29, 1.82) is 0 Å². The van der Waals surface area contributed by atoms with E-state index in [0.717, 1.165) is 10.0 Å². The first-order valence-electron chi connectivity index (χ1n) is 7.23. The standard InChI is InChI=1S/C12H15BrO2.C5H13NO2/c1-8-5-6-9(7-10(8)13)11(14)15-12(2,3)4;1-6(2)5(7-3)8-4/h5-7H,1-4H3;5H,1-4H3. The molecular weight excluding hydrogens is 362 g/mol. The molecule has 0 aromatic heterocycles. The maximum Gasteiger partial charge on any atom is 0.338 e. The SMILES string of the molecule is COC(OC)N(C)C.Cc1ccc(C(=O)OC(C)(C)C)cc1Br. The Morgan fingerprint density at radius 2 is 1.70 bits per heavy atom. The molecule has 0 aliphatic heterocycles. The Balaban J connectivity index is 0.000000515. The first-order chi connectivity index (χ1) is 10.5. The summed E-state index contributed by atoms with van der Waals surface area (Å²) >= 11 is 3.39. The molecule has 6 heteroatoms. The number of rotatable bonds is 4. The van der Waals surface area contributed by atoms with Crippen LogP contribution in [0, 0.1) is 6.92 Å². The molecule has 23 heavy (non-hydrogen) atoms. The molecule has 0 spiro atoms. The maximum atomic E-state index is 11.7. The summed E-state index contributed by atoms with van der Waals surface area (Å²) in [5.41, 5.74) is 1.22. The summed E-state index contributed by atoms with van der Waals surface area (Å²) in [6.07, 6.45) is -0.213.